The second kappa shape index (κ2) is 4.75. The Kier molecular flexibility index (Phi) is 3.90. The largest absolute Gasteiger partial charge is 0.387 e. The summed E-state index contributed by atoms with van der Waals surface area (Å²) in [6.45, 7) is 0. The highest BCUT2D eigenvalue weighted by Crippen LogP contribution is 2.47. The topological polar surface area (TPSA) is 40.5 Å². The van der Waals surface area contributed by atoms with Gasteiger partial charge < -0.3 is 10.2 Å². The summed E-state index contributed by atoms with van der Waals surface area (Å²) in [6, 6.07) is 0. The molecule has 0 aliphatic heterocycles. The van der Waals surface area contributed by atoms with Crippen molar-refractivity contribution in [1.82, 2.24) is 0 Å². The third-order valence-corrected chi connectivity index (χ3v) is 5.83. The van der Waals surface area contributed by atoms with Crippen LogP contribution in [0.2, 0.25) is 0 Å². The number of aliphatic hydroxyl groups is 2. The monoisotopic (exact) mass is 310 g/mol. The van der Waals surface area contributed by atoms with Crippen LogP contribution >= 0.6 is 27.5 Å². The fourth-order valence-corrected chi connectivity index (χ4v) is 4.06. The van der Waals surface area contributed by atoms with Crippen molar-refractivity contribution in [1.29, 1.82) is 0 Å². The highest BCUT2D eigenvalue weighted by atomic mass is 79.9. The van der Waals surface area contributed by atoms with Gasteiger partial charge in [-0.15, -0.1) is 11.6 Å². The SMILES string of the molecule is OC1(C2(O)CCCCC2Cl)CCC(Br)CC1. The van der Waals surface area contributed by atoms with Crippen molar-refractivity contribution >= 4 is 27.5 Å². The standard InChI is InChI=1S/C12H20BrClO2/c13-9-4-7-11(15,8-5-9)12(16)6-2-1-3-10(12)14/h9-10,15-16H,1-8H2. The zero-order chi connectivity index (χ0) is 11.8. The van der Waals surface area contributed by atoms with Crippen LogP contribution < -0.4 is 0 Å². The molecule has 2 N–H and O–H groups in total. The summed E-state index contributed by atoms with van der Waals surface area (Å²) in [4.78, 5) is 0.480. The first-order chi connectivity index (χ1) is 7.48. The predicted octanol–water partition coefficient (Wildman–Crippen LogP) is 2.97. The van der Waals surface area contributed by atoms with Gasteiger partial charge in [-0.3, -0.25) is 0 Å². The molecule has 2 saturated carbocycles. The van der Waals surface area contributed by atoms with Gasteiger partial charge in [0.1, 0.15) is 5.60 Å². The Bertz CT molecular complexity index is 253. The quantitative estimate of drug-likeness (QED) is 0.731. The molecule has 2 atom stereocenters. The molecule has 0 radical (unpaired) electrons. The number of rotatable bonds is 1. The molecule has 2 nitrogen and oxygen atoms in total. The van der Waals surface area contributed by atoms with Crippen LogP contribution in [0.4, 0.5) is 0 Å². The van der Waals surface area contributed by atoms with E-state index < -0.39 is 11.2 Å². The Hall–Kier alpha value is 0.690. The van der Waals surface area contributed by atoms with Gasteiger partial charge in [-0.05, 0) is 38.5 Å². The number of hydrogen-bond donors (Lipinski definition) is 2. The van der Waals surface area contributed by atoms with Gasteiger partial charge in [0.2, 0.25) is 0 Å². The van der Waals surface area contributed by atoms with E-state index in [9.17, 15) is 10.2 Å². The molecule has 16 heavy (non-hydrogen) atoms. The molecular weight excluding hydrogens is 291 g/mol. The lowest BCUT2D eigenvalue weighted by Gasteiger charge is -2.50. The highest BCUT2D eigenvalue weighted by Gasteiger charge is 2.54. The van der Waals surface area contributed by atoms with E-state index in [-0.39, 0.29) is 5.38 Å². The minimum Gasteiger partial charge on any atom is -0.387 e. The van der Waals surface area contributed by atoms with E-state index in [2.05, 4.69) is 15.9 Å². The summed E-state index contributed by atoms with van der Waals surface area (Å²) in [5, 5.41) is 21.1. The first-order valence-corrected chi connectivity index (χ1v) is 7.56. The van der Waals surface area contributed by atoms with Crippen LogP contribution in [0.3, 0.4) is 0 Å². The van der Waals surface area contributed by atoms with Crippen molar-refractivity contribution in [3.05, 3.63) is 0 Å². The molecule has 0 amide bonds. The van der Waals surface area contributed by atoms with Gasteiger partial charge in [0, 0.05) is 4.83 Å². The van der Waals surface area contributed by atoms with Gasteiger partial charge in [-0.2, -0.15) is 0 Å². The lowest BCUT2D eigenvalue weighted by atomic mass is 9.66. The number of hydrogen-bond acceptors (Lipinski definition) is 2. The van der Waals surface area contributed by atoms with Gasteiger partial charge in [0.05, 0.1) is 11.0 Å². The average molecular weight is 312 g/mol. The molecule has 2 aliphatic carbocycles. The van der Waals surface area contributed by atoms with E-state index >= 15 is 0 Å². The summed E-state index contributed by atoms with van der Waals surface area (Å²) in [6.07, 6.45) is 6.65. The van der Waals surface area contributed by atoms with Crippen LogP contribution in [0, 0.1) is 0 Å². The fourth-order valence-electron chi connectivity index (χ4n) is 3.13. The summed E-state index contributed by atoms with van der Waals surface area (Å²) in [7, 11) is 0. The normalized spacial score (nSPS) is 50.2. The van der Waals surface area contributed by atoms with E-state index in [1.54, 1.807) is 0 Å². The summed E-state index contributed by atoms with van der Waals surface area (Å²) in [5.41, 5.74) is -2.04. The lowest BCUT2D eigenvalue weighted by Crippen LogP contribution is -2.62. The summed E-state index contributed by atoms with van der Waals surface area (Å²) < 4.78 is 0. The Morgan fingerprint density at radius 1 is 1.00 bits per heavy atom. The molecule has 2 fully saturated rings. The zero-order valence-corrected chi connectivity index (χ0v) is 11.8. The van der Waals surface area contributed by atoms with Gasteiger partial charge in [-0.25, -0.2) is 0 Å². The van der Waals surface area contributed by atoms with Crippen LogP contribution in [0.15, 0.2) is 0 Å². The number of alkyl halides is 2. The van der Waals surface area contributed by atoms with Crippen LogP contribution in [-0.2, 0) is 0 Å². The van der Waals surface area contributed by atoms with Crippen molar-refractivity contribution < 1.29 is 10.2 Å². The smallest absolute Gasteiger partial charge is 0.110 e. The zero-order valence-electron chi connectivity index (χ0n) is 9.46. The second-order valence-corrected chi connectivity index (χ2v) is 7.17. The Labute approximate surface area is 111 Å². The van der Waals surface area contributed by atoms with Gasteiger partial charge in [0.15, 0.2) is 0 Å². The molecule has 2 unspecified atom stereocenters. The molecule has 4 heteroatoms. The van der Waals surface area contributed by atoms with Gasteiger partial charge in [0.25, 0.3) is 0 Å². The Morgan fingerprint density at radius 2 is 1.62 bits per heavy atom. The molecular formula is C12H20BrClO2. The molecule has 2 rings (SSSR count). The van der Waals surface area contributed by atoms with Crippen LogP contribution in [0.25, 0.3) is 0 Å². The molecule has 94 valence electrons. The predicted molar refractivity (Wildman–Crippen MR) is 69.2 cm³/mol. The molecule has 0 aromatic heterocycles. The van der Waals surface area contributed by atoms with Crippen molar-refractivity contribution in [2.75, 3.05) is 0 Å². The third-order valence-electron chi connectivity index (χ3n) is 4.33. The van der Waals surface area contributed by atoms with E-state index in [0.717, 1.165) is 32.1 Å². The minimum absolute atomic E-state index is 0.293. The maximum absolute atomic E-state index is 10.7. The van der Waals surface area contributed by atoms with Crippen molar-refractivity contribution in [2.24, 2.45) is 0 Å². The second-order valence-electron chi connectivity index (χ2n) is 5.34. The van der Waals surface area contributed by atoms with Crippen molar-refractivity contribution in [2.45, 2.75) is 72.8 Å². The fraction of sp³-hybridized carbons (Fsp3) is 1.00. The van der Waals surface area contributed by atoms with Crippen LogP contribution in [0.1, 0.15) is 51.4 Å². The molecule has 0 spiro atoms. The van der Waals surface area contributed by atoms with Crippen LogP contribution in [-0.4, -0.2) is 31.6 Å². The van der Waals surface area contributed by atoms with Gasteiger partial charge >= 0.3 is 0 Å². The minimum atomic E-state index is -1.07. The van der Waals surface area contributed by atoms with E-state index in [4.69, 9.17) is 11.6 Å². The third kappa shape index (κ3) is 2.16. The highest BCUT2D eigenvalue weighted by molar-refractivity contribution is 9.09. The Morgan fingerprint density at radius 3 is 2.19 bits per heavy atom. The molecule has 0 bridgehead atoms. The maximum atomic E-state index is 10.7. The number of halogens is 2. The first kappa shape index (κ1) is 13.1. The summed E-state index contributed by atoms with van der Waals surface area (Å²) >= 11 is 9.83. The van der Waals surface area contributed by atoms with Crippen molar-refractivity contribution in [3.8, 4) is 0 Å². The average Bonchev–Trinajstić information content (AvgIpc) is 2.27. The maximum Gasteiger partial charge on any atom is 0.110 e. The molecule has 0 heterocycles. The van der Waals surface area contributed by atoms with Crippen LogP contribution in [0.5, 0.6) is 0 Å². The van der Waals surface area contributed by atoms with E-state index in [1.807, 2.05) is 0 Å². The molecule has 0 aromatic rings. The van der Waals surface area contributed by atoms with E-state index in [0.29, 0.717) is 24.1 Å². The first-order valence-electron chi connectivity index (χ1n) is 6.21. The molecule has 2 aliphatic rings. The lowest BCUT2D eigenvalue weighted by molar-refractivity contribution is -0.179. The molecule has 0 aromatic carbocycles. The van der Waals surface area contributed by atoms with E-state index in [1.165, 1.54) is 0 Å². The summed E-state index contributed by atoms with van der Waals surface area (Å²) in [5.74, 6) is 0. The van der Waals surface area contributed by atoms with Crippen molar-refractivity contribution in [3.63, 3.8) is 0 Å². The Balaban J connectivity index is 2.14. The van der Waals surface area contributed by atoms with Gasteiger partial charge in [-0.1, -0.05) is 28.8 Å². The molecule has 0 saturated heterocycles.